The number of phenolic OH excluding ortho intramolecular Hbond substituents is 1. The lowest BCUT2D eigenvalue weighted by molar-refractivity contribution is 0.270. The van der Waals surface area contributed by atoms with E-state index >= 15 is 0 Å². The van der Waals surface area contributed by atoms with Crippen LogP contribution in [0.25, 0.3) is 22.0 Å². The van der Waals surface area contributed by atoms with Crippen LogP contribution in [0, 0.1) is 5.92 Å². The number of aromatic amines is 1. The molecule has 5 heteroatoms. The van der Waals surface area contributed by atoms with Crippen LogP contribution in [-0.4, -0.2) is 21.9 Å². The number of phenols is 1. The highest BCUT2D eigenvalue weighted by Crippen LogP contribution is 2.38. The number of aromatic nitrogens is 2. The SMILES string of the molecule is CC(C)COc1ccc(-c2[nH]ncc2Oc2ccc3ccccc3c2)c(O)c1. The molecule has 0 fully saturated rings. The second-order valence-corrected chi connectivity index (χ2v) is 7.10. The van der Waals surface area contributed by atoms with E-state index in [9.17, 15) is 5.11 Å². The van der Waals surface area contributed by atoms with Crippen LogP contribution >= 0.6 is 0 Å². The van der Waals surface area contributed by atoms with Gasteiger partial charge in [0.2, 0.25) is 0 Å². The van der Waals surface area contributed by atoms with Crippen LogP contribution in [-0.2, 0) is 0 Å². The van der Waals surface area contributed by atoms with Gasteiger partial charge in [0.15, 0.2) is 5.75 Å². The van der Waals surface area contributed by atoms with Gasteiger partial charge in [-0.3, -0.25) is 5.10 Å². The summed E-state index contributed by atoms with van der Waals surface area (Å²) >= 11 is 0. The lowest BCUT2D eigenvalue weighted by Crippen LogP contribution is -2.04. The standard InChI is InChI=1S/C23H22N2O3/c1-15(2)14-27-18-9-10-20(21(26)12-18)23-22(13-24-25-23)28-19-8-7-16-5-3-4-6-17(16)11-19/h3-13,15,26H,14H2,1-2H3,(H,24,25). The maximum absolute atomic E-state index is 10.5. The van der Waals surface area contributed by atoms with Gasteiger partial charge in [-0.15, -0.1) is 0 Å². The molecule has 2 N–H and O–H groups in total. The van der Waals surface area contributed by atoms with Crippen molar-refractivity contribution in [3.05, 3.63) is 66.9 Å². The summed E-state index contributed by atoms with van der Waals surface area (Å²) in [5, 5.41) is 19.7. The Labute approximate surface area is 163 Å². The largest absolute Gasteiger partial charge is 0.507 e. The molecule has 0 aliphatic rings. The minimum absolute atomic E-state index is 0.105. The van der Waals surface area contributed by atoms with Crippen molar-refractivity contribution in [1.29, 1.82) is 0 Å². The number of hydrogen-bond acceptors (Lipinski definition) is 4. The molecular weight excluding hydrogens is 352 g/mol. The minimum Gasteiger partial charge on any atom is -0.507 e. The van der Waals surface area contributed by atoms with Crippen LogP contribution in [0.15, 0.2) is 66.9 Å². The van der Waals surface area contributed by atoms with Crippen molar-refractivity contribution in [2.75, 3.05) is 6.61 Å². The van der Waals surface area contributed by atoms with E-state index in [0.29, 0.717) is 41.0 Å². The molecule has 142 valence electrons. The van der Waals surface area contributed by atoms with Gasteiger partial charge in [-0.2, -0.15) is 5.10 Å². The number of hydrogen-bond donors (Lipinski definition) is 2. The number of fused-ring (bicyclic) bond motifs is 1. The summed E-state index contributed by atoms with van der Waals surface area (Å²) in [7, 11) is 0. The second kappa shape index (κ2) is 7.64. The van der Waals surface area contributed by atoms with Crippen LogP contribution in [0.5, 0.6) is 23.0 Å². The van der Waals surface area contributed by atoms with Gasteiger partial charge < -0.3 is 14.6 Å². The molecule has 0 bridgehead atoms. The van der Waals surface area contributed by atoms with Gasteiger partial charge in [0.1, 0.15) is 22.9 Å². The highest BCUT2D eigenvalue weighted by atomic mass is 16.5. The van der Waals surface area contributed by atoms with Gasteiger partial charge >= 0.3 is 0 Å². The van der Waals surface area contributed by atoms with E-state index < -0.39 is 0 Å². The van der Waals surface area contributed by atoms with E-state index in [-0.39, 0.29) is 5.75 Å². The van der Waals surface area contributed by atoms with Crippen LogP contribution in [0.2, 0.25) is 0 Å². The predicted octanol–water partition coefficient (Wildman–Crippen LogP) is 5.76. The van der Waals surface area contributed by atoms with E-state index in [1.807, 2.05) is 42.5 Å². The molecule has 3 aromatic carbocycles. The highest BCUT2D eigenvalue weighted by Gasteiger charge is 2.15. The minimum atomic E-state index is 0.105. The molecule has 0 saturated carbocycles. The average Bonchev–Trinajstić information content (AvgIpc) is 3.14. The number of rotatable bonds is 6. The molecule has 0 spiro atoms. The zero-order valence-electron chi connectivity index (χ0n) is 15.8. The van der Waals surface area contributed by atoms with E-state index in [2.05, 4.69) is 30.1 Å². The summed E-state index contributed by atoms with van der Waals surface area (Å²) < 4.78 is 11.7. The summed E-state index contributed by atoms with van der Waals surface area (Å²) in [4.78, 5) is 0. The monoisotopic (exact) mass is 374 g/mol. The molecule has 0 radical (unpaired) electrons. The number of aromatic hydroxyl groups is 1. The van der Waals surface area contributed by atoms with E-state index in [0.717, 1.165) is 10.8 Å². The fourth-order valence-corrected chi connectivity index (χ4v) is 2.98. The Morgan fingerprint density at radius 3 is 2.54 bits per heavy atom. The first-order chi connectivity index (χ1) is 13.6. The Morgan fingerprint density at radius 1 is 0.964 bits per heavy atom. The van der Waals surface area contributed by atoms with Gasteiger partial charge in [0, 0.05) is 11.6 Å². The smallest absolute Gasteiger partial charge is 0.173 e. The normalized spacial score (nSPS) is 11.1. The summed E-state index contributed by atoms with van der Waals surface area (Å²) in [6.07, 6.45) is 1.60. The lowest BCUT2D eigenvalue weighted by Gasteiger charge is -2.11. The van der Waals surface area contributed by atoms with Crippen molar-refractivity contribution >= 4 is 10.8 Å². The Balaban J connectivity index is 1.60. The zero-order valence-corrected chi connectivity index (χ0v) is 15.8. The first-order valence-corrected chi connectivity index (χ1v) is 9.26. The number of benzene rings is 3. The molecule has 1 heterocycles. The number of nitrogens with zero attached hydrogens (tertiary/aromatic N) is 1. The van der Waals surface area contributed by atoms with E-state index in [1.54, 1.807) is 18.3 Å². The fraction of sp³-hybridized carbons (Fsp3) is 0.174. The van der Waals surface area contributed by atoms with Crippen LogP contribution in [0.1, 0.15) is 13.8 Å². The van der Waals surface area contributed by atoms with Gasteiger partial charge in [0.05, 0.1) is 12.8 Å². The highest BCUT2D eigenvalue weighted by molar-refractivity contribution is 5.84. The molecule has 0 amide bonds. The van der Waals surface area contributed by atoms with Crippen molar-refractivity contribution in [2.45, 2.75) is 13.8 Å². The van der Waals surface area contributed by atoms with Crippen LogP contribution < -0.4 is 9.47 Å². The van der Waals surface area contributed by atoms with Gasteiger partial charge in [0.25, 0.3) is 0 Å². The molecule has 0 saturated heterocycles. The van der Waals surface area contributed by atoms with Crippen LogP contribution in [0.4, 0.5) is 0 Å². The van der Waals surface area contributed by atoms with Crippen LogP contribution in [0.3, 0.4) is 0 Å². The molecule has 28 heavy (non-hydrogen) atoms. The van der Waals surface area contributed by atoms with Crippen molar-refractivity contribution in [1.82, 2.24) is 10.2 Å². The topological polar surface area (TPSA) is 67.4 Å². The Morgan fingerprint density at radius 2 is 1.75 bits per heavy atom. The number of ether oxygens (including phenoxy) is 2. The first kappa shape index (κ1) is 17.9. The average molecular weight is 374 g/mol. The number of nitrogens with one attached hydrogen (secondary N) is 1. The molecular formula is C23H22N2O3. The molecule has 0 unspecified atom stereocenters. The maximum atomic E-state index is 10.5. The second-order valence-electron chi connectivity index (χ2n) is 7.10. The first-order valence-electron chi connectivity index (χ1n) is 9.26. The van der Waals surface area contributed by atoms with Gasteiger partial charge in [-0.05, 0) is 41.0 Å². The summed E-state index contributed by atoms with van der Waals surface area (Å²) in [5.74, 6) is 2.40. The summed E-state index contributed by atoms with van der Waals surface area (Å²) in [5.41, 5.74) is 1.21. The van der Waals surface area contributed by atoms with Gasteiger partial charge in [-0.1, -0.05) is 44.2 Å². The molecule has 1 aromatic heterocycles. The molecule has 0 atom stereocenters. The van der Waals surface area contributed by atoms with E-state index in [1.165, 1.54) is 0 Å². The Hall–Kier alpha value is -3.47. The van der Waals surface area contributed by atoms with Crippen molar-refractivity contribution in [3.8, 4) is 34.3 Å². The Bertz CT molecular complexity index is 1100. The maximum Gasteiger partial charge on any atom is 0.173 e. The molecule has 4 rings (SSSR count). The van der Waals surface area contributed by atoms with Gasteiger partial charge in [-0.25, -0.2) is 0 Å². The van der Waals surface area contributed by atoms with Crippen molar-refractivity contribution in [3.63, 3.8) is 0 Å². The third kappa shape index (κ3) is 3.78. The van der Waals surface area contributed by atoms with Crippen molar-refractivity contribution in [2.24, 2.45) is 5.92 Å². The lowest BCUT2D eigenvalue weighted by atomic mass is 10.1. The third-order valence-corrected chi connectivity index (χ3v) is 4.38. The Kier molecular flexibility index (Phi) is 4.89. The summed E-state index contributed by atoms with van der Waals surface area (Å²) in [6.45, 7) is 4.75. The molecule has 5 nitrogen and oxygen atoms in total. The van der Waals surface area contributed by atoms with Crippen molar-refractivity contribution < 1.29 is 14.6 Å². The molecule has 0 aliphatic carbocycles. The number of H-pyrrole nitrogens is 1. The van der Waals surface area contributed by atoms with E-state index in [4.69, 9.17) is 9.47 Å². The third-order valence-electron chi connectivity index (χ3n) is 4.38. The summed E-state index contributed by atoms with van der Waals surface area (Å²) in [6, 6.07) is 19.3. The molecule has 4 aromatic rings. The quantitative estimate of drug-likeness (QED) is 0.450. The predicted molar refractivity (Wildman–Crippen MR) is 110 cm³/mol. The fourth-order valence-electron chi connectivity index (χ4n) is 2.98. The molecule has 0 aliphatic heterocycles. The zero-order chi connectivity index (χ0) is 19.5.